The number of alkyl halides is 1. The fraction of sp³-hybridized carbons (Fsp3) is 0.182. The molecule has 5 rings (SSSR count). The molecule has 0 fully saturated rings. The van der Waals surface area contributed by atoms with Gasteiger partial charge in [-0.15, -0.1) is 11.6 Å². The van der Waals surface area contributed by atoms with Crippen molar-refractivity contribution in [1.29, 1.82) is 0 Å². The van der Waals surface area contributed by atoms with Crippen LogP contribution in [0.15, 0.2) is 42.5 Å². The van der Waals surface area contributed by atoms with Crippen LogP contribution in [0, 0.1) is 0 Å². The molecule has 1 atom stereocenters. The van der Waals surface area contributed by atoms with Gasteiger partial charge < -0.3 is 24.7 Å². The maximum absolute atomic E-state index is 13.3. The third kappa shape index (κ3) is 2.66. The van der Waals surface area contributed by atoms with E-state index in [1.807, 2.05) is 30.3 Å². The second kappa shape index (κ2) is 6.81. The molecule has 2 aromatic carbocycles. The third-order valence-electron chi connectivity index (χ3n) is 5.61. The van der Waals surface area contributed by atoms with Crippen LogP contribution in [0.3, 0.4) is 0 Å². The van der Waals surface area contributed by atoms with Gasteiger partial charge in [0.2, 0.25) is 0 Å². The molecule has 0 saturated carbocycles. The number of esters is 1. The van der Waals surface area contributed by atoms with E-state index in [9.17, 15) is 14.7 Å². The van der Waals surface area contributed by atoms with Gasteiger partial charge in [0.25, 0.3) is 5.91 Å². The molecule has 30 heavy (non-hydrogen) atoms. The van der Waals surface area contributed by atoms with Crippen LogP contribution in [0.4, 0.5) is 5.69 Å². The van der Waals surface area contributed by atoms with Crippen molar-refractivity contribution in [2.24, 2.45) is 0 Å². The van der Waals surface area contributed by atoms with Crippen molar-refractivity contribution < 1.29 is 19.4 Å². The average Bonchev–Trinajstić information content (AvgIpc) is 3.47. The third-order valence-corrected chi connectivity index (χ3v) is 5.99. The number of H-pyrrole nitrogens is 2. The molecule has 2 aromatic heterocycles. The number of amides is 1. The second-order valence-electron chi connectivity index (χ2n) is 7.33. The molecule has 7 nitrogen and oxygen atoms in total. The van der Waals surface area contributed by atoms with Crippen molar-refractivity contribution in [2.45, 2.75) is 5.92 Å². The van der Waals surface area contributed by atoms with Gasteiger partial charge in [0.05, 0.1) is 18.3 Å². The summed E-state index contributed by atoms with van der Waals surface area (Å²) in [6.45, 7) is 0.379. The van der Waals surface area contributed by atoms with Crippen molar-refractivity contribution in [3.8, 4) is 5.75 Å². The lowest BCUT2D eigenvalue weighted by atomic mass is 9.98. The minimum absolute atomic E-state index is 0.0522. The zero-order valence-electron chi connectivity index (χ0n) is 16.0. The minimum Gasteiger partial charge on any atom is -0.506 e. The number of carbonyl (C=O) groups excluding carboxylic acids is 2. The number of hydrogen-bond donors (Lipinski definition) is 3. The van der Waals surface area contributed by atoms with Gasteiger partial charge in [-0.2, -0.15) is 0 Å². The number of carbonyl (C=O) groups is 2. The summed E-state index contributed by atoms with van der Waals surface area (Å²) >= 11 is 6.24. The van der Waals surface area contributed by atoms with Gasteiger partial charge in [-0.1, -0.05) is 18.2 Å². The highest BCUT2D eigenvalue weighted by Crippen LogP contribution is 2.45. The Labute approximate surface area is 176 Å². The van der Waals surface area contributed by atoms with Crippen molar-refractivity contribution in [3.05, 3.63) is 59.4 Å². The molecule has 0 radical (unpaired) electrons. The molecule has 0 spiro atoms. The van der Waals surface area contributed by atoms with Crippen molar-refractivity contribution in [1.82, 2.24) is 9.97 Å². The summed E-state index contributed by atoms with van der Waals surface area (Å²) in [4.78, 5) is 33.0. The van der Waals surface area contributed by atoms with Crippen molar-refractivity contribution in [3.63, 3.8) is 0 Å². The van der Waals surface area contributed by atoms with Crippen LogP contribution in [-0.2, 0) is 4.74 Å². The SMILES string of the molecule is COC(=O)c1cc2c3c(cc(O)c2[nH]1)N(C(=O)c1cc2ccccc2[nH]1)CC3CCl. The fourth-order valence-corrected chi connectivity index (χ4v) is 4.47. The number of ether oxygens (including phenoxy) is 1. The Balaban J connectivity index is 1.64. The second-order valence-corrected chi connectivity index (χ2v) is 7.64. The summed E-state index contributed by atoms with van der Waals surface area (Å²) in [7, 11) is 1.29. The van der Waals surface area contributed by atoms with Crippen LogP contribution < -0.4 is 4.90 Å². The van der Waals surface area contributed by atoms with Gasteiger partial charge in [-0.05, 0) is 23.8 Å². The molecule has 1 aliphatic heterocycles. The highest BCUT2D eigenvalue weighted by molar-refractivity contribution is 6.19. The number of fused-ring (bicyclic) bond motifs is 4. The number of aromatic amines is 2. The number of para-hydroxylation sites is 1. The molecule has 3 heterocycles. The van der Waals surface area contributed by atoms with Crippen LogP contribution in [0.25, 0.3) is 21.8 Å². The van der Waals surface area contributed by atoms with E-state index < -0.39 is 5.97 Å². The molecule has 0 aliphatic carbocycles. The standard InChI is InChI=1S/C22H18ClN3O4/c1-30-22(29)16-7-13-19-12(9-23)10-26(17(19)8-18(27)20(13)25-16)21(28)15-6-11-4-2-3-5-14(11)24-15/h2-8,12,24-25,27H,9-10H2,1H3. The summed E-state index contributed by atoms with van der Waals surface area (Å²) in [5.41, 5.74) is 3.40. The molecule has 1 unspecified atom stereocenters. The number of methoxy groups -OCH3 is 1. The van der Waals surface area contributed by atoms with E-state index in [1.165, 1.54) is 7.11 Å². The Morgan fingerprint density at radius 3 is 2.73 bits per heavy atom. The Morgan fingerprint density at radius 1 is 1.20 bits per heavy atom. The first kappa shape index (κ1) is 18.6. The number of halogens is 1. The lowest BCUT2D eigenvalue weighted by molar-refractivity contribution is 0.0595. The minimum atomic E-state index is -0.536. The smallest absolute Gasteiger partial charge is 0.354 e. The van der Waals surface area contributed by atoms with E-state index in [2.05, 4.69) is 9.97 Å². The number of aromatic hydroxyl groups is 1. The molecule has 1 aliphatic rings. The molecule has 0 saturated heterocycles. The van der Waals surface area contributed by atoms with E-state index in [1.54, 1.807) is 17.0 Å². The molecular weight excluding hydrogens is 406 g/mol. The highest BCUT2D eigenvalue weighted by Gasteiger charge is 2.36. The van der Waals surface area contributed by atoms with Crippen LogP contribution >= 0.6 is 11.6 Å². The predicted octanol–water partition coefficient (Wildman–Crippen LogP) is 4.12. The molecule has 0 bridgehead atoms. The van der Waals surface area contributed by atoms with Crippen LogP contribution in [-0.4, -0.2) is 46.5 Å². The number of hydrogen-bond acceptors (Lipinski definition) is 4. The zero-order chi connectivity index (χ0) is 21.0. The fourth-order valence-electron chi connectivity index (χ4n) is 4.22. The maximum atomic E-state index is 13.3. The summed E-state index contributed by atoms with van der Waals surface area (Å²) < 4.78 is 4.78. The number of benzene rings is 2. The van der Waals surface area contributed by atoms with Crippen molar-refractivity contribution >= 4 is 51.0 Å². The summed E-state index contributed by atoms with van der Waals surface area (Å²) in [5, 5.41) is 12.2. The van der Waals surface area contributed by atoms with E-state index >= 15 is 0 Å². The molecular formula is C22H18ClN3O4. The number of rotatable bonds is 3. The monoisotopic (exact) mass is 423 g/mol. The predicted molar refractivity (Wildman–Crippen MR) is 115 cm³/mol. The van der Waals surface area contributed by atoms with Crippen molar-refractivity contribution in [2.75, 3.05) is 24.4 Å². The summed E-state index contributed by atoms with van der Waals surface area (Å²) in [5.74, 6) is -0.640. The number of nitrogens with zero attached hydrogens (tertiary/aromatic N) is 1. The van der Waals surface area contributed by atoms with Gasteiger partial charge in [0, 0.05) is 40.7 Å². The lowest BCUT2D eigenvalue weighted by Crippen LogP contribution is -2.30. The van der Waals surface area contributed by atoms with E-state index in [0.717, 1.165) is 16.5 Å². The first-order valence-electron chi connectivity index (χ1n) is 9.44. The quantitative estimate of drug-likeness (QED) is 0.341. The number of phenolic OH excluding ortho intramolecular Hbond substituents is 1. The Kier molecular flexibility index (Phi) is 4.22. The zero-order valence-corrected chi connectivity index (χ0v) is 16.8. The first-order valence-corrected chi connectivity index (χ1v) is 9.97. The Morgan fingerprint density at radius 2 is 2.00 bits per heavy atom. The Hall–Kier alpha value is -3.45. The average molecular weight is 424 g/mol. The molecule has 4 aromatic rings. The van der Waals surface area contributed by atoms with E-state index in [-0.39, 0.29) is 23.3 Å². The van der Waals surface area contributed by atoms with Crippen LogP contribution in [0.1, 0.15) is 32.5 Å². The van der Waals surface area contributed by atoms with Crippen LogP contribution in [0.5, 0.6) is 5.75 Å². The largest absolute Gasteiger partial charge is 0.506 e. The summed E-state index contributed by atoms with van der Waals surface area (Å²) in [6.07, 6.45) is 0. The number of aromatic nitrogens is 2. The normalized spacial score (nSPS) is 15.7. The van der Waals surface area contributed by atoms with Gasteiger partial charge >= 0.3 is 5.97 Å². The topological polar surface area (TPSA) is 98.4 Å². The Bertz CT molecular complexity index is 1290. The molecule has 3 N–H and O–H groups in total. The van der Waals surface area contributed by atoms with Gasteiger partial charge in [0.15, 0.2) is 0 Å². The number of phenols is 1. The van der Waals surface area contributed by atoms with Gasteiger partial charge in [-0.25, -0.2) is 4.79 Å². The summed E-state index contributed by atoms with van der Waals surface area (Å²) in [6, 6.07) is 12.7. The number of nitrogens with one attached hydrogen (secondary N) is 2. The van der Waals surface area contributed by atoms with Gasteiger partial charge in [-0.3, -0.25) is 4.79 Å². The van der Waals surface area contributed by atoms with E-state index in [4.69, 9.17) is 16.3 Å². The lowest BCUT2D eigenvalue weighted by Gasteiger charge is -2.17. The highest BCUT2D eigenvalue weighted by atomic mass is 35.5. The number of anilines is 1. The molecule has 8 heteroatoms. The van der Waals surface area contributed by atoms with E-state index in [0.29, 0.717) is 34.7 Å². The molecule has 152 valence electrons. The van der Waals surface area contributed by atoms with Crippen LogP contribution in [0.2, 0.25) is 0 Å². The molecule has 1 amide bonds. The maximum Gasteiger partial charge on any atom is 0.354 e. The first-order chi connectivity index (χ1) is 14.5. The van der Waals surface area contributed by atoms with Gasteiger partial charge in [0.1, 0.15) is 17.1 Å².